The van der Waals surface area contributed by atoms with E-state index in [4.69, 9.17) is 15.8 Å². The third-order valence-corrected chi connectivity index (χ3v) is 8.37. The molecular formula is C26H33F3N8O2S. The number of thiophene rings is 1. The number of fused-ring (bicyclic) bond motifs is 1. The molecule has 216 valence electrons. The average molecular weight is 579 g/mol. The van der Waals surface area contributed by atoms with Crippen molar-refractivity contribution in [1.82, 2.24) is 29.7 Å². The molecule has 5 rings (SSSR count). The van der Waals surface area contributed by atoms with E-state index in [1.165, 1.54) is 11.3 Å². The Morgan fingerprint density at radius 3 is 2.52 bits per heavy atom. The van der Waals surface area contributed by atoms with Crippen LogP contribution in [-0.4, -0.2) is 100 Å². The van der Waals surface area contributed by atoms with E-state index in [-0.39, 0.29) is 23.0 Å². The summed E-state index contributed by atoms with van der Waals surface area (Å²) in [6, 6.07) is 0.861. The second-order valence-electron chi connectivity index (χ2n) is 10.3. The number of carbonyl (C=O) groups excluding carboxylic acids is 1. The number of alkyl halides is 3. The number of aliphatic hydroxyl groups is 1. The highest BCUT2D eigenvalue weighted by atomic mass is 32.1. The fourth-order valence-corrected chi connectivity index (χ4v) is 6.30. The number of piperazine rings is 1. The van der Waals surface area contributed by atoms with Crippen molar-refractivity contribution in [1.29, 1.82) is 0 Å². The molecule has 3 aromatic rings. The van der Waals surface area contributed by atoms with Gasteiger partial charge in [0.15, 0.2) is 0 Å². The molecule has 2 aliphatic heterocycles. The molecule has 0 atom stereocenters. The molecule has 5 heterocycles. The molecule has 10 nitrogen and oxygen atoms in total. The Hall–Kier alpha value is -3.07. The lowest BCUT2D eigenvalue weighted by Gasteiger charge is -2.36. The number of piperidine rings is 1. The van der Waals surface area contributed by atoms with E-state index in [1.54, 1.807) is 4.90 Å². The minimum Gasteiger partial charge on any atom is -0.387 e. The van der Waals surface area contributed by atoms with Gasteiger partial charge in [0.1, 0.15) is 12.4 Å². The molecule has 2 saturated heterocycles. The molecular weight excluding hydrogens is 545 g/mol. The Bertz CT molecular complexity index is 1350. The lowest BCUT2D eigenvalue weighted by atomic mass is 10.1. The quantitative estimate of drug-likeness (QED) is 0.437. The first-order chi connectivity index (χ1) is 19.1. The van der Waals surface area contributed by atoms with Crippen molar-refractivity contribution < 1.29 is 23.1 Å². The van der Waals surface area contributed by atoms with Crippen LogP contribution in [0.15, 0.2) is 17.6 Å². The summed E-state index contributed by atoms with van der Waals surface area (Å²) in [5.41, 5.74) is 6.44. The van der Waals surface area contributed by atoms with Crippen molar-refractivity contribution in [2.45, 2.75) is 32.0 Å². The van der Waals surface area contributed by atoms with Gasteiger partial charge >= 0.3 is 6.18 Å². The van der Waals surface area contributed by atoms with E-state index in [2.05, 4.69) is 19.8 Å². The van der Waals surface area contributed by atoms with Gasteiger partial charge in [-0.05, 0) is 37.8 Å². The maximum absolute atomic E-state index is 14.1. The van der Waals surface area contributed by atoms with Crippen molar-refractivity contribution in [3.8, 4) is 11.3 Å². The van der Waals surface area contributed by atoms with Crippen LogP contribution in [0.3, 0.4) is 0 Å². The summed E-state index contributed by atoms with van der Waals surface area (Å²) in [5.74, 6) is -0.0328. The van der Waals surface area contributed by atoms with Gasteiger partial charge in [-0.25, -0.2) is 15.0 Å². The maximum atomic E-state index is 14.1. The molecule has 1 amide bonds. The van der Waals surface area contributed by atoms with Gasteiger partial charge in [0.05, 0.1) is 28.1 Å². The van der Waals surface area contributed by atoms with Gasteiger partial charge in [0, 0.05) is 63.1 Å². The van der Waals surface area contributed by atoms with Crippen LogP contribution < -0.4 is 10.6 Å². The van der Waals surface area contributed by atoms with Crippen molar-refractivity contribution in [3.63, 3.8) is 0 Å². The van der Waals surface area contributed by atoms with Crippen LogP contribution in [0.1, 0.15) is 30.4 Å². The lowest BCUT2D eigenvalue weighted by molar-refractivity contribution is -0.137. The van der Waals surface area contributed by atoms with Crippen molar-refractivity contribution in [3.05, 3.63) is 28.8 Å². The monoisotopic (exact) mass is 578 g/mol. The normalized spacial score (nSPS) is 17.2. The minimum absolute atomic E-state index is 0.107. The van der Waals surface area contributed by atoms with E-state index >= 15 is 0 Å². The molecule has 0 bridgehead atoms. The number of hydrogen-bond donors (Lipinski definition) is 2. The van der Waals surface area contributed by atoms with Crippen molar-refractivity contribution in [2.24, 2.45) is 0 Å². The third-order valence-electron chi connectivity index (χ3n) is 7.34. The van der Waals surface area contributed by atoms with Crippen molar-refractivity contribution >= 4 is 39.2 Å². The van der Waals surface area contributed by atoms with Gasteiger partial charge in [0.2, 0.25) is 11.9 Å². The average Bonchev–Trinajstić information content (AvgIpc) is 3.35. The Balaban J connectivity index is 1.46. The summed E-state index contributed by atoms with van der Waals surface area (Å²) in [7, 11) is 1.98. The van der Waals surface area contributed by atoms with Crippen LogP contribution in [0.4, 0.5) is 24.9 Å². The predicted octanol–water partition coefficient (Wildman–Crippen LogP) is 2.87. The number of pyridine rings is 1. The SMILES string of the molecule is CN(Cc1csc2c(-c3cnc(N)cc3C(F)(F)F)nc(N3CCCCC3)nc12)CN1CCN(C(=O)CO)CC1. The highest BCUT2D eigenvalue weighted by molar-refractivity contribution is 7.17. The summed E-state index contributed by atoms with van der Waals surface area (Å²) >= 11 is 1.33. The van der Waals surface area contributed by atoms with Crippen LogP contribution in [0.5, 0.6) is 0 Å². The largest absolute Gasteiger partial charge is 0.417 e. The number of amides is 1. The van der Waals surface area contributed by atoms with Crippen LogP contribution in [-0.2, 0) is 17.5 Å². The van der Waals surface area contributed by atoms with E-state index in [1.807, 2.05) is 17.3 Å². The first kappa shape index (κ1) is 28.5. The van der Waals surface area contributed by atoms with E-state index in [0.29, 0.717) is 55.6 Å². The molecule has 0 saturated carbocycles. The zero-order valence-electron chi connectivity index (χ0n) is 22.3. The number of hydrogen-bond acceptors (Lipinski definition) is 10. The summed E-state index contributed by atoms with van der Waals surface area (Å²) in [5, 5.41) is 11.0. The number of carbonyl (C=O) groups is 1. The van der Waals surface area contributed by atoms with Gasteiger partial charge in [-0.3, -0.25) is 14.6 Å². The number of rotatable bonds is 7. The fraction of sp³-hybridized carbons (Fsp3) is 0.538. The molecule has 40 heavy (non-hydrogen) atoms. The first-order valence-electron chi connectivity index (χ1n) is 13.3. The van der Waals surface area contributed by atoms with Gasteiger partial charge < -0.3 is 20.6 Å². The number of nitrogen functional groups attached to an aromatic ring is 1. The number of nitrogens with two attached hydrogens (primary N) is 1. The standard InChI is InChI=1S/C26H33F3N8O2S/c1-34(16-35-7-9-36(10-8-35)21(39)14-38)13-17-15-40-24-22(17)32-25(37-5-3-2-4-6-37)33-23(24)18-12-31-20(30)11-19(18)26(27,28)29/h11-12,15,38H,2-10,13-14,16H2,1H3,(H2,30,31). The number of anilines is 2. The summed E-state index contributed by atoms with van der Waals surface area (Å²) < 4.78 is 42.8. The molecule has 2 fully saturated rings. The smallest absolute Gasteiger partial charge is 0.387 e. The second-order valence-corrected chi connectivity index (χ2v) is 11.2. The highest BCUT2D eigenvalue weighted by Gasteiger charge is 2.36. The first-order valence-corrected chi connectivity index (χ1v) is 14.2. The summed E-state index contributed by atoms with van der Waals surface area (Å²) in [6.45, 7) is 4.70. The molecule has 0 unspecified atom stereocenters. The third kappa shape index (κ3) is 6.14. The Labute approximate surface area is 234 Å². The van der Waals surface area contributed by atoms with Gasteiger partial charge in [-0.1, -0.05) is 0 Å². The number of halogens is 3. The van der Waals surface area contributed by atoms with E-state index in [0.717, 1.165) is 50.2 Å². The molecule has 3 aromatic heterocycles. The minimum atomic E-state index is -4.62. The second kappa shape index (κ2) is 11.8. The zero-order chi connectivity index (χ0) is 28.4. The lowest BCUT2D eigenvalue weighted by Crippen LogP contribution is -2.51. The Kier molecular flexibility index (Phi) is 8.40. The molecule has 3 N–H and O–H groups in total. The topological polar surface area (TPSA) is 115 Å². The predicted molar refractivity (Wildman–Crippen MR) is 148 cm³/mol. The molecule has 0 aliphatic carbocycles. The van der Waals surface area contributed by atoms with Crippen LogP contribution in [0, 0.1) is 0 Å². The van der Waals surface area contributed by atoms with E-state index < -0.39 is 18.3 Å². The fourth-order valence-electron chi connectivity index (χ4n) is 5.30. The van der Waals surface area contributed by atoms with Crippen LogP contribution in [0.25, 0.3) is 21.5 Å². The molecule has 0 radical (unpaired) electrons. The van der Waals surface area contributed by atoms with E-state index in [9.17, 15) is 18.0 Å². The van der Waals surface area contributed by atoms with Crippen LogP contribution in [0.2, 0.25) is 0 Å². The van der Waals surface area contributed by atoms with Gasteiger partial charge in [-0.15, -0.1) is 11.3 Å². The van der Waals surface area contributed by atoms with Gasteiger partial charge in [-0.2, -0.15) is 13.2 Å². The highest BCUT2D eigenvalue weighted by Crippen LogP contribution is 2.41. The Morgan fingerprint density at radius 2 is 1.85 bits per heavy atom. The zero-order valence-corrected chi connectivity index (χ0v) is 23.1. The number of aromatic nitrogens is 3. The summed E-state index contributed by atoms with van der Waals surface area (Å²) in [6.07, 6.45) is -0.412. The summed E-state index contributed by atoms with van der Waals surface area (Å²) in [4.78, 5) is 33.4. The van der Waals surface area contributed by atoms with Crippen molar-refractivity contribution in [2.75, 3.05) is 70.2 Å². The number of nitrogens with zero attached hydrogens (tertiary/aromatic N) is 7. The van der Waals surface area contributed by atoms with Gasteiger partial charge in [0.25, 0.3) is 0 Å². The Morgan fingerprint density at radius 1 is 1.12 bits per heavy atom. The molecule has 0 aromatic carbocycles. The molecule has 14 heteroatoms. The van der Waals surface area contributed by atoms with Crippen LogP contribution >= 0.6 is 11.3 Å². The number of aliphatic hydroxyl groups excluding tert-OH is 1. The molecule has 2 aliphatic rings. The maximum Gasteiger partial charge on any atom is 0.417 e. The molecule has 0 spiro atoms.